The Morgan fingerprint density at radius 2 is 1.94 bits per heavy atom. The number of ether oxygens (including phenoxy) is 1. The van der Waals surface area contributed by atoms with Crippen molar-refractivity contribution in [3.05, 3.63) is 64.7 Å². The minimum atomic E-state index is -0.113. The molecule has 0 amide bonds. The summed E-state index contributed by atoms with van der Waals surface area (Å²) in [5, 5.41) is 0.314. The zero-order valence-corrected chi connectivity index (χ0v) is 9.99. The van der Waals surface area contributed by atoms with E-state index in [0.717, 1.165) is 0 Å². The first-order valence-electron chi connectivity index (χ1n) is 5.08. The summed E-state index contributed by atoms with van der Waals surface area (Å²) in [5.41, 5.74) is 1.05. The highest BCUT2D eigenvalue weighted by molar-refractivity contribution is 6.32. The first-order chi connectivity index (χ1) is 8.24. The number of hydrogen-bond acceptors (Lipinski definition) is 2. The summed E-state index contributed by atoms with van der Waals surface area (Å²) in [6.07, 6.45) is 0. The second kappa shape index (κ2) is 5.02. The van der Waals surface area contributed by atoms with Gasteiger partial charge in [-0.15, -0.1) is 0 Å². The Morgan fingerprint density at radius 1 is 1.24 bits per heavy atom. The van der Waals surface area contributed by atoms with Crippen LogP contribution in [0, 0.1) is 6.07 Å². The molecule has 1 radical (unpaired) electrons. The molecule has 0 aromatic heterocycles. The van der Waals surface area contributed by atoms with Crippen LogP contribution in [0.25, 0.3) is 0 Å². The van der Waals surface area contributed by atoms with E-state index in [1.54, 1.807) is 24.3 Å². The number of halogens is 1. The zero-order valence-electron chi connectivity index (χ0n) is 9.24. The van der Waals surface area contributed by atoms with E-state index >= 15 is 0 Å². The summed E-state index contributed by atoms with van der Waals surface area (Å²) in [6.45, 7) is 0. The third-order valence-electron chi connectivity index (χ3n) is 2.39. The van der Waals surface area contributed by atoms with E-state index in [2.05, 4.69) is 6.07 Å². The smallest absolute Gasteiger partial charge is 0.196 e. The third-order valence-corrected chi connectivity index (χ3v) is 2.67. The molecule has 0 N–H and O–H groups in total. The second-order valence-electron chi connectivity index (χ2n) is 3.43. The molecule has 2 aromatic rings. The molecule has 2 aromatic carbocycles. The minimum absolute atomic E-state index is 0.113. The van der Waals surface area contributed by atoms with Crippen molar-refractivity contribution in [2.45, 2.75) is 0 Å². The number of carbonyl (C=O) groups excluding carboxylic acids is 1. The van der Waals surface area contributed by atoms with Gasteiger partial charge in [-0.2, -0.15) is 0 Å². The lowest BCUT2D eigenvalue weighted by Gasteiger charge is -2.08. The van der Waals surface area contributed by atoms with Crippen LogP contribution in [0.5, 0.6) is 5.75 Å². The predicted octanol–water partition coefficient (Wildman–Crippen LogP) is 3.38. The van der Waals surface area contributed by atoms with Crippen molar-refractivity contribution < 1.29 is 9.53 Å². The fraction of sp³-hybridized carbons (Fsp3) is 0.0714. The predicted molar refractivity (Wildman–Crippen MR) is 66.7 cm³/mol. The van der Waals surface area contributed by atoms with Gasteiger partial charge in [0.1, 0.15) is 5.75 Å². The molecule has 0 saturated carbocycles. The lowest BCUT2D eigenvalue weighted by Crippen LogP contribution is -2.04. The Labute approximate surface area is 105 Å². The quantitative estimate of drug-likeness (QED) is 0.775. The average Bonchev–Trinajstić information content (AvgIpc) is 2.38. The second-order valence-corrected chi connectivity index (χ2v) is 3.81. The molecule has 0 aliphatic heterocycles. The molecule has 0 heterocycles. The van der Waals surface area contributed by atoms with Crippen LogP contribution in [0.4, 0.5) is 0 Å². The SMILES string of the molecule is COc1c(Cl)[c]ccc1C(=O)c1ccccc1. The van der Waals surface area contributed by atoms with Gasteiger partial charge >= 0.3 is 0 Å². The Kier molecular flexibility index (Phi) is 3.45. The maximum absolute atomic E-state index is 12.2. The van der Waals surface area contributed by atoms with Crippen LogP contribution < -0.4 is 4.74 Å². The van der Waals surface area contributed by atoms with Gasteiger partial charge in [-0.05, 0) is 6.07 Å². The van der Waals surface area contributed by atoms with E-state index < -0.39 is 0 Å². The topological polar surface area (TPSA) is 26.3 Å². The Morgan fingerprint density at radius 3 is 2.59 bits per heavy atom. The largest absolute Gasteiger partial charge is 0.494 e. The van der Waals surface area contributed by atoms with Crippen molar-refractivity contribution in [1.82, 2.24) is 0 Å². The van der Waals surface area contributed by atoms with Crippen molar-refractivity contribution in [2.75, 3.05) is 7.11 Å². The van der Waals surface area contributed by atoms with E-state index in [-0.39, 0.29) is 5.78 Å². The van der Waals surface area contributed by atoms with Gasteiger partial charge in [0.05, 0.1) is 17.7 Å². The summed E-state index contributed by atoms with van der Waals surface area (Å²) in [6, 6.07) is 15.1. The van der Waals surface area contributed by atoms with Gasteiger partial charge in [0.2, 0.25) is 0 Å². The van der Waals surface area contributed by atoms with Crippen molar-refractivity contribution in [1.29, 1.82) is 0 Å². The summed E-state index contributed by atoms with van der Waals surface area (Å²) in [5.74, 6) is 0.251. The first kappa shape index (κ1) is 11.7. The van der Waals surface area contributed by atoms with E-state index in [1.165, 1.54) is 7.11 Å². The van der Waals surface area contributed by atoms with Crippen LogP contribution in [-0.4, -0.2) is 12.9 Å². The highest BCUT2D eigenvalue weighted by Crippen LogP contribution is 2.29. The molecule has 2 nitrogen and oxygen atoms in total. The van der Waals surface area contributed by atoms with Gasteiger partial charge in [0.25, 0.3) is 0 Å². The van der Waals surface area contributed by atoms with Gasteiger partial charge in [-0.3, -0.25) is 4.79 Å². The molecule has 0 saturated heterocycles. The lowest BCUT2D eigenvalue weighted by molar-refractivity contribution is 0.103. The maximum atomic E-state index is 12.2. The Balaban J connectivity index is 2.48. The molecular formula is C14H10ClO2. The van der Waals surface area contributed by atoms with Crippen LogP contribution in [0.1, 0.15) is 15.9 Å². The maximum Gasteiger partial charge on any atom is 0.196 e. The van der Waals surface area contributed by atoms with Gasteiger partial charge in [-0.25, -0.2) is 0 Å². The number of methoxy groups -OCH3 is 1. The molecule has 0 aliphatic carbocycles. The van der Waals surface area contributed by atoms with Crippen molar-refractivity contribution >= 4 is 17.4 Å². The molecule has 85 valence electrons. The van der Waals surface area contributed by atoms with Crippen LogP contribution in [0.15, 0.2) is 42.5 Å². The number of benzene rings is 2. The molecule has 3 heteroatoms. The summed E-state index contributed by atoms with van der Waals surface area (Å²) < 4.78 is 5.13. The Hall–Kier alpha value is -1.80. The summed E-state index contributed by atoms with van der Waals surface area (Å²) in [7, 11) is 1.48. The highest BCUT2D eigenvalue weighted by Gasteiger charge is 2.16. The molecular weight excluding hydrogens is 236 g/mol. The average molecular weight is 246 g/mol. The van der Waals surface area contributed by atoms with Gasteiger partial charge in [0, 0.05) is 11.6 Å². The van der Waals surface area contributed by atoms with Crippen molar-refractivity contribution in [3.63, 3.8) is 0 Å². The number of hydrogen-bond donors (Lipinski definition) is 0. The summed E-state index contributed by atoms with van der Waals surface area (Å²) >= 11 is 5.93. The van der Waals surface area contributed by atoms with E-state index in [0.29, 0.717) is 21.9 Å². The van der Waals surface area contributed by atoms with E-state index in [9.17, 15) is 4.79 Å². The molecule has 17 heavy (non-hydrogen) atoms. The lowest BCUT2D eigenvalue weighted by atomic mass is 10.0. The fourth-order valence-electron chi connectivity index (χ4n) is 1.58. The van der Waals surface area contributed by atoms with Gasteiger partial charge in [-0.1, -0.05) is 48.0 Å². The molecule has 0 unspecified atom stereocenters. The van der Waals surface area contributed by atoms with E-state index in [1.807, 2.05) is 18.2 Å². The van der Waals surface area contributed by atoms with E-state index in [4.69, 9.17) is 16.3 Å². The normalized spacial score (nSPS) is 10.0. The van der Waals surface area contributed by atoms with Crippen molar-refractivity contribution in [2.24, 2.45) is 0 Å². The molecule has 0 aliphatic rings. The van der Waals surface area contributed by atoms with Gasteiger partial charge < -0.3 is 4.74 Å². The molecule has 0 fully saturated rings. The standard InChI is InChI=1S/C14H10ClO2/c1-17-14-11(8-5-9-12(14)15)13(16)10-6-3-2-4-7-10/h2-8H,1H3. The van der Waals surface area contributed by atoms with Crippen LogP contribution in [0.3, 0.4) is 0 Å². The minimum Gasteiger partial charge on any atom is -0.494 e. The molecule has 2 rings (SSSR count). The molecule has 0 spiro atoms. The highest BCUT2D eigenvalue weighted by atomic mass is 35.5. The zero-order chi connectivity index (χ0) is 12.3. The third kappa shape index (κ3) is 2.32. The van der Waals surface area contributed by atoms with Gasteiger partial charge in [0.15, 0.2) is 5.78 Å². The Bertz CT molecular complexity index is 535. The fourth-order valence-corrected chi connectivity index (χ4v) is 1.82. The first-order valence-corrected chi connectivity index (χ1v) is 5.45. The monoisotopic (exact) mass is 245 g/mol. The van der Waals surface area contributed by atoms with Crippen LogP contribution in [-0.2, 0) is 0 Å². The number of rotatable bonds is 3. The number of carbonyl (C=O) groups is 1. The van der Waals surface area contributed by atoms with Crippen LogP contribution >= 0.6 is 11.6 Å². The van der Waals surface area contributed by atoms with Crippen molar-refractivity contribution in [3.8, 4) is 5.75 Å². The summed E-state index contributed by atoms with van der Waals surface area (Å²) in [4.78, 5) is 12.2. The molecule has 0 bridgehead atoms. The van der Waals surface area contributed by atoms with Crippen LogP contribution in [0.2, 0.25) is 5.02 Å². The number of ketones is 1. The molecule has 0 atom stereocenters.